The van der Waals surface area contributed by atoms with Crippen LogP contribution in [0.1, 0.15) is 0 Å². The summed E-state index contributed by atoms with van der Waals surface area (Å²) in [5.41, 5.74) is 21.2. The number of hydrogen-bond donors (Lipinski definition) is 4. The second-order valence-electron chi connectivity index (χ2n) is 4.01. The molecule has 0 fully saturated rings. The predicted molar refractivity (Wildman–Crippen MR) is 148 cm³/mol. The van der Waals surface area contributed by atoms with Crippen LogP contribution in [0.5, 0.6) is 0 Å². The number of benzene rings is 2. The largest absolute Gasteiger partial charge is 4.00 e. The van der Waals surface area contributed by atoms with E-state index < -0.39 is 0 Å². The van der Waals surface area contributed by atoms with Gasteiger partial charge in [-0.05, 0) is 11.1 Å². The van der Waals surface area contributed by atoms with Crippen LogP contribution in [0.3, 0.4) is 0 Å². The molecule has 156 valence electrons. The molecule has 0 heterocycles. The molecule has 2 aromatic rings. The van der Waals surface area contributed by atoms with E-state index in [1.807, 2.05) is 12.1 Å². The molecule has 8 N–H and O–H groups in total. The average Bonchev–Trinajstić information content (AvgIpc) is 2.54. The fourth-order valence-corrected chi connectivity index (χ4v) is 1.26. The zero-order chi connectivity index (χ0) is 22.5. The van der Waals surface area contributed by atoms with E-state index in [0.717, 1.165) is 0 Å². The molecule has 0 saturated heterocycles. The van der Waals surface area contributed by atoms with Crippen LogP contribution < -0.4 is 22.9 Å². The van der Waals surface area contributed by atoms with Crippen molar-refractivity contribution in [2.45, 2.75) is 0 Å². The third-order valence-corrected chi connectivity index (χ3v) is 1.88. The third-order valence-electron chi connectivity index (χ3n) is 1.88. The van der Waals surface area contributed by atoms with Gasteiger partial charge in [-0.2, -0.15) is 0 Å². The van der Waals surface area contributed by atoms with E-state index in [2.05, 4.69) is 171 Å². The minimum atomic E-state index is 0. The van der Waals surface area contributed by atoms with Gasteiger partial charge in [-0.15, -0.1) is 0 Å². The summed E-state index contributed by atoms with van der Waals surface area (Å²) in [6.07, 6.45) is 0. The van der Waals surface area contributed by atoms with E-state index in [0.29, 0.717) is 0 Å². The van der Waals surface area contributed by atoms with Gasteiger partial charge in [0.05, 0.1) is 0 Å². The molecular weight excluding hydrogens is 601 g/mol. The molecule has 0 atom stereocenters. The van der Waals surface area contributed by atoms with Gasteiger partial charge < -0.3 is 122 Å². The molecule has 13 heteroatoms. The standard InChI is InChI=1S/C12H10.4CH3NS2.Mo/c1-3-7-11(8-4-1)12-9-5-2-6-10-12;4*2-1(3)4;/h1-10H;4*(H3,2,3,4);/q;;;;;+4/p-4. The van der Waals surface area contributed by atoms with Gasteiger partial charge in [0.25, 0.3) is 0 Å². The van der Waals surface area contributed by atoms with Crippen molar-refractivity contribution in [1.29, 1.82) is 0 Å². The van der Waals surface area contributed by atoms with Crippen molar-refractivity contribution in [3.63, 3.8) is 0 Å². The van der Waals surface area contributed by atoms with Gasteiger partial charge in [-0.1, -0.05) is 77.9 Å². The first-order valence-electron chi connectivity index (χ1n) is 6.86. The fourth-order valence-electron chi connectivity index (χ4n) is 1.26. The molecule has 0 aromatic heterocycles. The Morgan fingerprint density at radius 3 is 0.759 bits per heavy atom. The Hall–Kier alpha value is -0.432. The number of thiocarbonyl (C=S) groups is 4. The Morgan fingerprint density at radius 2 is 0.621 bits per heavy atom. The first-order valence-corrected chi connectivity index (χ1v) is 10.1. The maximum atomic E-state index is 4.66. The molecule has 0 unspecified atom stereocenters. The van der Waals surface area contributed by atoms with Gasteiger partial charge >= 0.3 is 21.1 Å². The van der Waals surface area contributed by atoms with E-state index in [1.54, 1.807) is 0 Å². The molecule has 0 saturated carbocycles. The molecule has 2 rings (SSSR count). The van der Waals surface area contributed by atoms with Crippen LogP contribution in [-0.4, -0.2) is 17.3 Å². The third kappa shape index (κ3) is 47.1. The maximum absolute atomic E-state index is 4.66. The van der Waals surface area contributed by atoms with Crippen molar-refractivity contribution in [3.8, 4) is 11.1 Å². The van der Waals surface area contributed by atoms with E-state index in [4.69, 9.17) is 0 Å². The monoisotopic (exact) mass is 620 g/mol. The van der Waals surface area contributed by atoms with Crippen molar-refractivity contribution in [2.75, 3.05) is 0 Å². The van der Waals surface area contributed by atoms with Gasteiger partial charge in [0, 0.05) is 0 Å². The Kier molecular flexibility index (Phi) is 31.8. The normalized spacial score (nSPS) is 7.31. The van der Waals surface area contributed by atoms with Crippen molar-refractivity contribution in [3.05, 3.63) is 60.7 Å². The zero-order valence-electron chi connectivity index (χ0n) is 14.8. The molecule has 0 radical (unpaired) electrons. The Bertz CT molecular complexity index is 601. The fraction of sp³-hybridized carbons (Fsp3) is 0. The molecule has 0 amide bonds. The van der Waals surface area contributed by atoms with E-state index in [9.17, 15) is 0 Å². The van der Waals surface area contributed by atoms with E-state index in [-0.39, 0.29) is 38.3 Å². The first-order chi connectivity index (χ1) is 12.9. The molecule has 29 heavy (non-hydrogen) atoms. The van der Waals surface area contributed by atoms with Crippen LogP contribution in [0.2, 0.25) is 0 Å². The molecule has 0 spiro atoms. The predicted octanol–water partition coefficient (Wildman–Crippen LogP) is 2.46. The Balaban J connectivity index is -0.000000156. The minimum absolute atomic E-state index is 0. The second kappa shape index (κ2) is 25.6. The summed E-state index contributed by atoms with van der Waals surface area (Å²) < 4.78 is 0.333. The quantitative estimate of drug-likeness (QED) is 0.215. The van der Waals surface area contributed by atoms with Crippen LogP contribution in [0.25, 0.3) is 11.1 Å². The molecule has 2 aromatic carbocycles. The summed E-state index contributed by atoms with van der Waals surface area (Å²) in [5.74, 6) is 0. The zero-order valence-corrected chi connectivity index (χ0v) is 23.3. The van der Waals surface area contributed by atoms with Crippen LogP contribution >= 0.6 is 48.9 Å². The molecule has 0 aliphatic rings. The minimum Gasteiger partial charge on any atom is -0.415 e. The summed E-state index contributed by atoms with van der Waals surface area (Å²) in [6.45, 7) is 0. The van der Waals surface area contributed by atoms with E-state index in [1.165, 1.54) is 11.1 Å². The van der Waals surface area contributed by atoms with Gasteiger partial charge in [-0.3, -0.25) is 0 Å². The topological polar surface area (TPSA) is 104 Å². The number of nitrogens with two attached hydrogens (primary N) is 4. The summed E-state index contributed by atoms with van der Waals surface area (Å²) in [4.78, 5) is 0. The SMILES string of the molecule is NC(=S)[S-].NC(=S)[S-].NC(=S)[S-].NC(=S)[S-].[Mo+4].c1ccc(-c2ccccc2)cc1. The van der Waals surface area contributed by atoms with Crippen molar-refractivity contribution in [2.24, 2.45) is 22.9 Å². The van der Waals surface area contributed by atoms with Gasteiger partial charge in [0.15, 0.2) is 0 Å². The van der Waals surface area contributed by atoms with Gasteiger partial charge in [0.2, 0.25) is 0 Å². The van der Waals surface area contributed by atoms with Gasteiger partial charge in [0.1, 0.15) is 0 Å². The van der Waals surface area contributed by atoms with Crippen LogP contribution in [-0.2, 0) is 71.6 Å². The number of rotatable bonds is 1. The van der Waals surface area contributed by atoms with Crippen molar-refractivity contribution >= 4 is 117 Å². The van der Waals surface area contributed by atoms with E-state index >= 15 is 0 Å². The summed E-state index contributed by atoms with van der Waals surface area (Å²) in [7, 11) is 0. The van der Waals surface area contributed by atoms with Gasteiger partial charge in [-0.25, -0.2) is 0 Å². The molecule has 0 aliphatic carbocycles. The molecule has 0 aliphatic heterocycles. The van der Waals surface area contributed by atoms with Crippen LogP contribution in [0, 0.1) is 0 Å². The van der Waals surface area contributed by atoms with Crippen molar-refractivity contribution in [1.82, 2.24) is 0 Å². The average molecular weight is 619 g/mol. The second-order valence-corrected chi connectivity index (χ2v) is 8.56. The Morgan fingerprint density at radius 1 is 0.483 bits per heavy atom. The van der Waals surface area contributed by atoms with Crippen LogP contribution in [0.4, 0.5) is 0 Å². The van der Waals surface area contributed by atoms with Crippen molar-refractivity contribution < 1.29 is 21.1 Å². The molecule has 0 bridgehead atoms. The maximum Gasteiger partial charge on any atom is 4.00 e. The molecule has 4 nitrogen and oxygen atoms in total. The summed E-state index contributed by atoms with van der Waals surface area (Å²) in [5, 5.41) is 0. The Labute approximate surface area is 230 Å². The summed E-state index contributed by atoms with van der Waals surface area (Å²) in [6, 6.07) is 20.8. The molecular formula is C16H18MoN4S8. The number of hydrogen-bond acceptors (Lipinski definition) is 8. The smallest absolute Gasteiger partial charge is 0.415 e. The van der Waals surface area contributed by atoms with Crippen LogP contribution in [0.15, 0.2) is 60.7 Å². The first kappa shape index (κ1) is 36.0. The summed E-state index contributed by atoms with van der Waals surface area (Å²) >= 11 is 33.0.